The minimum absolute atomic E-state index is 0. The van der Waals surface area contributed by atoms with Crippen molar-refractivity contribution in [3.05, 3.63) is 52.7 Å². The van der Waals surface area contributed by atoms with Crippen molar-refractivity contribution >= 4 is 46.4 Å². The summed E-state index contributed by atoms with van der Waals surface area (Å²) in [6.45, 7) is 4.58. The SMILES string of the molecule is CCOC(=O)c1c(C(=S)c2ccc(OC)c(OC)c2)n(C2CC2)c2ccc(O)c(CN3CCCCC3)c12.Cl. The fourth-order valence-corrected chi connectivity index (χ4v) is 5.74. The molecule has 2 heterocycles. The van der Waals surface area contributed by atoms with Gasteiger partial charge in [0, 0.05) is 23.5 Å². The minimum Gasteiger partial charge on any atom is -0.508 e. The van der Waals surface area contributed by atoms with Crippen LogP contribution in [0, 0.1) is 0 Å². The third-order valence-electron chi connectivity index (χ3n) is 7.34. The maximum absolute atomic E-state index is 13.6. The molecule has 0 atom stereocenters. The molecule has 0 amide bonds. The van der Waals surface area contributed by atoms with Gasteiger partial charge in [0.2, 0.25) is 0 Å². The van der Waals surface area contributed by atoms with E-state index in [2.05, 4.69) is 9.47 Å². The number of methoxy groups -OCH3 is 2. The van der Waals surface area contributed by atoms with Crippen LogP contribution in [0.15, 0.2) is 30.3 Å². The predicted molar refractivity (Wildman–Crippen MR) is 155 cm³/mol. The molecule has 0 bridgehead atoms. The van der Waals surface area contributed by atoms with E-state index in [1.54, 1.807) is 27.2 Å². The summed E-state index contributed by atoms with van der Waals surface area (Å²) in [6.07, 6.45) is 5.52. The molecular weight excluding hydrogens is 524 g/mol. The van der Waals surface area contributed by atoms with Crippen molar-refractivity contribution in [2.45, 2.75) is 51.6 Å². The number of nitrogens with zero attached hydrogens (tertiary/aromatic N) is 2. The second-order valence-corrected chi connectivity index (χ2v) is 10.1. The number of rotatable bonds is 9. The van der Waals surface area contributed by atoms with E-state index >= 15 is 0 Å². The van der Waals surface area contributed by atoms with E-state index in [0.717, 1.165) is 60.8 Å². The Morgan fingerprint density at radius 3 is 2.39 bits per heavy atom. The number of likely N-dealkylation sites (tertiary alicyclic amines) is 1. The lowest BCUT2D eigenvalue weighted by Crippen LogP contribution is -2.29. The van der Waals surface area contributed by atoms with Crippen LogP contribution in [0.3, 0.4) is 0 Å². The molecule has 0 radical (unpaired) electrons. The van der Waals surface area contributed by atoms with Gasteiger partial charge >= 0.3 is 5.97 Å². The first-order chi connectivity index (χ1) is 18.0. The predicted octanol–water partition coefficient (Wildman–Crippen LogP) is 6.05. The summed E-state index contributed by atoms with van der Waals surface area (Å²) in [5, 5.41) is 11.8. The Balaban J connectivity index is 0.00000336. The fraction of sp³-hybridized carbons (Fsp3) is 0.448. The molecule has 2 aliphatic rings. The van der Waals surface area contributed by atoms with E-state index in [-0.39, 0.29) is 30.8 Å². The molecule has 0 spiro atoms. The summed E-state index contributed by atoms with van der Waals surface area (Å²) in [5.41, 5.74) is 3.53. The zero-order chi connectivity index (χ0) is 26.1. The van der Waals surface area contributed by atoms with E-state index in [4.69, 9.17) is 26.4 Å². The molecule has 38 heavy (non-hydrogen) atoms. The summed E-state index contributed by atoms with van der Waals surface area (Å²) in [6, 6.07) is 9.45. The number of phenols is 1. The fourth-order valence-electron chi connectivity index (χ4n) is 5.42. The summed E-state index contributed by atoms with van der Waals surface area (Å²) in [7, 11) is 3.18. The van der Waals surface area contributed by atoms with Crippen molar-refractivity contribution in [1.29, 1.82) is 0 Å². The van der Waals surface area contributed by atoms with Crippen molar-refractivity contribution in [2.24, 2.45) is 0 Å². The Kier molecular flexibility index (Phi) is 8.85. The standard InChI is InChI=1S/C29H34N2O5S.ClH/c1-4-36-29(33)26-25-20(17-30-14-6-5-7-15-30)22(32)12-11-21(25)31(19-9-10-19)27(26)28(37)18-8-13-23(34-2)24(16-18)35-3;/h8,11-13,16,19,32H,4-7,9-10,14-15,17H2,1-3H3;1H. The van der Waals surface area contributed by atoms with Crippen LogP contribution in [0.5, 0.6) is 17.2 Å². The number of carbonyl (C=O) groups is 1. The molecule has 7 nitrogen and oxygen atoms in total. The number of ether oxygens (including phenoxy) is 3. The number of aromatic hydroxyl groups is 1. The summed E-state index contributed by atoms with van der Waals surface area (Å²) in [5.74, 6) is 0.948. The maximum Gasteiger partial charge on any atom is 0.341 e. The number of esters is 1. The van der Waals surface area contributed by atoms with Gasteiger partial charge in [-0.25, -0.2) is 4.79 Å². The third kappa shape index (κ3) is 5.22. The molecule has 3 aromatic rings. The summed E-state index contributed by atoms with van der Waals surface area (Å²) >= 11 is 6.08. The van der Waals surface area contributed by atoms with Crippen LogP contribution in [0.25, 0.3) is 10.9 Å². The zero-order valence-electron chi connectivity index (χ0n) is 22.1. The summed E-state index contributed by atoms with van der Waals surface area (Å²) in [4.78, 5) is 16.5. The van der Waals surface area contributed by atoms with Crippen molar-refractivity contribution < 1.29 is 24.1 Å². The number of halogens is 1. The molecule has 1 saturated carbocycles. The lowest BCUT2D eigenvalue weighted by molar-refractivity contribution is 0.0528. The molecule has 2 aromatic carbocycles. The highest BCUT2D eigenvalue weighted by molar-refractivity contribution is 7.81. The van der Waals surface area contributed by atoms with E-state index < -0.39 is 5.97 Å². The van der Waals surface area contributed by atoms with Crippen LogP contribution in [0.2, 0.25) is 0 Å². The largest absolute Gasteiger partial charge is 0.508 e. The third-order valence-corrected chi connectivity index (χ3v) is 7.77. The van der Waals surface area contributed by atoms with Gasteiger partial charge in [-0.05, 0) is 81.6 Å². The van der Waals surface area contributed by atoms with Gasteiger partial charge in [-0.15, -0.1) is 12.4 Å². The van der Waals surface area contributed by atoms with Gasteiger partial charge < -0.3 is 23.9 Å². The number of thiocarbonyl (C=S) groups is 1. The van der Waals surface area contributed by atoms with Gasteiger partial charge in [0.25, 0.3) is 0 Å². The zero-order valence-corrected chi connectivity index (χ0v) is 23.8. The van der Waals surface area contributed by atoms with Gasteiger partial charge in [0.1, 0.15) is 5.75 Å². The first-order valence-electron chi connectivity index (χ1n) is 13.0. The van der Waals surface area contributed by atoms with Gasteiger partial charge in [-0.2, -0.15) is 0 Å². The van der Waals surface area contributed by atoms with E-state index in [9.17, 15) is 9.90 Å². The molecule has 2 fully saturated rings. The summed E-state index contributed by atoms with van der Waals surface area (Å²) < 4.78 is 18.7. The number of benzene rings is 2. The topological polar surface area (TPSA) is 73.2 Å². The molecule has 0 unspecified atom stereocenters. The van der Waals surface area contributed by atoms with Crippen molar-refractivity contribution in [3.63, 3.8) is 0 Å². The average molecular weight is 559 g/mol. The molecule has 9 heteroatoms. The van der Waals surface area contributed by atoms with Gasteiger partial charge in [-0.1, -0.05) is 18.6 Å². The molecular formula is C29H35ClN2O5S. The molecule has 1 aliphatic heterocycles. The van der Waals surface area contributed by atoms with Gasteiger partial charge in [-0.3, -0.25) is 4.90 Å². The van der Waals surface area contributed by atoms with Gasteiger partial charge in [0.15, 0.2) is 11.5 Å². The number of hydrogen-bond donors (Lipinski definition) is 1. The Morgan fingerprint density at radius 1 is 1.05 bits per heavy atom. The Labute approximate surface area is 235 Å². The van der Waals surface area contributed by atoms with Crippen molar-refractivity contribution in [3.8, 4) is 17.2 Å². The van der Waals surface area contributed by atoms with E-state index in [1.165, 1.54) is 6.42 Å². The highest BCUT2D eigenvalue weighted by Gasteiger charge is 2.36. The number of phenolic OH excluding ortho intramolecular Hbond substituents is 1. The molecule has 1 N–H and O–H groups in total. The quantitative estimate of drug-likeness (QED) is 0.195. The van der Waals surface area contributed by atoms with Crippen LogP contribution >= 0.6 is 24.6 Å². The number of carbonyl (C=O) groups excluding carboxylic acids is 1. The number of hydrogen-bond acceptors (Lipinski definition) is 7. The second kappa shape index (κ2) is 11.9. The van der Waals surface area contributed by atoms with Crippen LogP contribution in [-0.2, 0) is 11.3 Å². The van der Waals surface area contributed by atoms with Crippen molar-refractivity contribution in [2.75, 3.05) is 33.9 Å². The monoisotopic (exact) mass is 558 g/mol. The smallest absolute Gasteiger partial charge is 0.341 e. The molecule has 1 aliphatic carbocycles. The first-order valence-corrected chi connectivity index (χ1v) is 13.4. The second-order valence-electron chi connectivity index (χ2n) is 9.74. The Morgan fingerprint density at radius 2 is 1.76 bits per heavy atom. The number of fused-ring (bicyclic) bond motifs is 1. The van der Waals surface area contributed by atoms with Crippen LogP contribution in [0.4, 0.5) is 0 Å². The lowest BCUT2D eigenvalue weighted by Gasteiger charge is -2.27. The van der Waals surface area contributed by atoms with Crippen molar-refractivity contribution in [1.82, 2.24) is 9.47 Å². The highest BCUT2D eigenvalue weighted by Crippen LogP contribution is 2.45. The minimum atomic E-state index is -0.421. The molecule has 1 aromatic heterocycles. The Bertz CT molecular complexity index is 1340. The molecule has 1 saturated heterocycles. The molecule has 204 valence electrons. The number of piperidine rings is 1. The van der Waals surface area contributed by atoms with E-state index in [0.29, 0.717) is 34.2 Å². The Hall–Kier alpha value is -2.81. The normalized spacial score (nSPS) is 15.7. The lowest BCUT2D eigenvalue weighted by atomic mass is 9.99. The first kappa shape index (κ1) is 28.2. The van der Waals surface area contributed by atoms with Crippen LogP contribution in [0.1, 0.15) is 72.2 Å². The average Bonchev–Trinajstić information content (AvgIpc) is 3.70. The maximum atomic E-state index is 13.6. The number of aromatic nitrogens is 1. The van der Waals surface area contributed by atoms with Gasteiger partial charge in [0.05, 0.1) is 42.5 Å². The van der Waals surface area contributed by atoms with E-state index in [1.807, 2.05) is 24.3 Å². The van der Waals surface area contributed by atoms with Crippen LogP contribution < -0.4 is 9.47 Å². The molecule has 5 rings (SSSR count). The van der Waals surface area contributed by atoms with Crippen LogP contribution in [-0.4, -0.2) is 59.3 Å². The highest BCUT2D eigenvalue weighted by atomic mass is 35.5.